The molecule has 2 rings (SSSR count). The topological polar surface area (TPSA) is 63.6 Å². The number of benzene rings is 2. The van der Waals surface area contributed by atoms with Crippen molar-refractivity contribution in [3.05, 3.63) is 64.7 Å². The van der Waals surface area contributed by atoms with E-state index in [-0.39, 0.29) is 18.8 Å². The first-order chi connectivity index (χ1) is 10.8. The van der Waals surface area contributed by atoms with Gasteiger partial charge in [0.15, 0.2) is 0 Å². The summed E-state index contributed by atoms with van der Waals surface area (Å²) in [7, 11) is -3.93. The van der Waals surface area contributed by atoms with E-state index in [4.69, 9.17) is 9.29 Å². The summed E-state index contributed by atoms with van der Waals surface area (Å²) in [6.07, 6.45) is 1.02. The first kappa shape index (κ1) is 17.5. The predicted octanol–water partition coefficient (Wildman–Crippen LogP) is 3.55. The molecule has 0 fully saturated rings. The van der Waals surface area contributed by atoms with Crippen LogP contribution in [0.3, 0.4) is 0 Å². The van der Waals surface area contributed by atoms with Gasteiger partial charge in [-0.25, -0.2) is 0 Å². The quantitative estimate of drug-likeness (QED) is 0.621. The van der Waals surface area contributed by atoms with Gasteiger partial charge >= 0.3 is 0 Å². The van der Waals surface area contributed by atoms with Crippen LogP contribution in [0.4, 0.5) is 0 Å². The van der Waals surface area contributed by atoms with E-state index in [1.54, 1.807) is 0 Å². The van der Waals surface area contributed by atoms with E-state index in [1.165, 1.54) is 11.1 Å². The third kappa shape index (κ3) is 6.04. The summed E-state index contributed by atoms with van der Waals surface area (Å²) < 4.78 is 36.0. The second-order valence-electron chi connectivity index (χ2n) is 5.77. The SMILES string of the molecule is Cc1cccc(Cc2ccc(C)cc2OCCCS(=O)(=O)O)c1. The minimum Gasteiger partial charge on any atom is -0.493 e. The van der Waals surface area contributed by atoms with E-state index in [0.717, 1.165) is 23.3 Å². The molecule has 0 aliphatic heterocycles. The summed E-state index contributed by atoms with van der Waals surface area (Å²) in [5, 5.41) is 0. The monoisotopic (exact) mass is 334 g/mol. The zero-order valence-electron chi connectivity index (χ0n) is 13.5. The fourth-order valence-electron chi connectivity index (χ4n) is 2.41. The molecule has 124 valence electrons. The lowest BCUT2D eigenvalue weighted by atomic mass is 10.0. The van der Waals surface area contributed by atoms with Crippen LogP contribution in [0.1, 0.15) is 28.7 Å². The van der Waals surface area contributed by atoms with Gasteiger partial charge in [-0.05, 0) is 43.0 Å². The fourth-order valence-corrected chi connectivity index (χ4v) is 2.89. The first-order valence-corrected chi connectivity index (χ1v) is 9.17. The normalized spacial score (nSPS) is 11.4. The van der Waals surface area contributed by atoms with Gasteiger partial charge in [0.05, 0.1) is 12.4 Å². The fraction of sp³-hybridized carbons (Fsp3) is 0.333. The van der Waals surface area contributed by atoms with Crippen molar-refractivity contribution in [2.45, 2.75) is 26.7 Å². The van der Waals surface area contributed by atoms with Crippen LogP contribution in [-0.4, -0.2) is 25.3 Å². The Hall–Kier alpha value is -1.85. The van der Waals surface area contributed by atoms with E-state index in [2.05, 4.69) is 25.1 Å². The van der Waals surface area contributed by atoms with E-state index in [9.17, 15) is 8.42 Å². The van der Waals surface area contributed by atoms with Crippen molar-refractivity contribution in [1.29, 1.82) is 0 Å². The highest BCUT2D eigenvalue weighted by molar-refractivity contribution is 7.85. The molecule has 0 spiro atoms. The zero-order chi connectivity index (χ0) is 16.9. The minimum absolute atomic E-state index is 0.254. The standard InChI is InChI=1S/C18H22O4S/c1-14-5-3-6-16(11-14)13-17-8-7-15(2)12-18(17)22-9-4-10-23(19,20)21/h3,5-8,11-12H,4,9-10,13H2,1-2H3,(H,19,20,21). The van der Waals surface area contributed by atoms with Gasteiger partial charge in [0.25, 0.3) is 10.1 Å². The minimum atomic E-state index is -3.93. The predicted molar refractivity (Wildman–Crippen MR) is 91.7 cm³/mol. The highest BCUT2D eigenvalue weighted by atomic mass is 32.2. The number of rotatable bonds is 7. The highest BCUT2D eigenvalue weighted by Gasteiger charge is 2.08. The average molecular weight is 334 g/mol. The van der Waals surface area contributed by atoms with Gasteiger partial charge in [-0.1, -0.05) is 42.0 Å². The van der Waals surface area contributed by atoms with Gasteiger partial charge in [0.1, 0.15) is 5.75 Å². The van der Waals surface area contributed by atoms with Crippen LogP contribution in [0.5, 0.6) is 5.75 Å². The van der Waals surface area contributed by atoms with Crippen LogP contribution in [0, 0.1) is 13.8 Å². The Morgan fingerprint density at radius 3 is 2.48 bits per heavy atom. The molecule has 0 aliphatic rings. The molecule has 23 heavy (non-hydrogen) atoms. The largest absolute Gasteiger partial charge is 0.493 e. The molecule has 0 aliphatic carbocycles. The van der Waals surface area contributed by atoms with E-state index in [1.807, 2.05) is 31.2 Å². The van der Waals surface area contributed by atoms with Gasteiger partial charge in [-0.3, -0.25) is 4.55 Å². The summed E-state index contributed by atoms with van der Waals surface area (Å²) in [5.74, 6) is 0.480. The van der Waals surface area contributed by atoms with Crippen molar-refractivity contribution >= 4 is 10.1 Å². The molecule has 0 amide bonds. The number of ether oxygens (including phenoxy) is 1. The Kier molecular flexibility index (Phi) is 5.80. The maximum absolute atomic E-state index is 10.7. The molecular formula is C18H22O4S. The van der Waals surface area contributed by atoms with Crippen molar-refractivity contribution in [3.63, 3.8) is 0 Å². The molecule has 2 aromatic rings. The van der Waals surface area contributed by atoms with Crippen molar-refractivity contribution in [2.75, 3.05) is 12.4 Å². The summed E-state index contributed by atoms with van der Waals surface area (Å²) >= 11 is 0. The molecule has 0 heterocycles. The Bertz CT molecular complexity index is 766. The molecule has 2 aromatic carbocycles. The third-order valence-corrected chi connectivity index (χ3v) is 4.31. The van der Waals surface area contributed by atoms with Crippen molar-refractivity contribution in [2.24, 2.45) is 0 Å². The van der Waals surface area contributed by atoms with Gasteiger partial charge in [-0.15, -0.1) is 0 Å². The first-order valence-electron chi connectivity index (χ1n) is 7.56. The van der Waals surface area contributed by atoms with Crippen LogP contribution in [-0.2, 0) is 16.5 Å². The summed E-state index contributed by atoms with van der Waals surface area (Å²) in [4.78, 5) is 0. The average Bonchev–Trinajstić information content (AvgIpc) is 2.45. The van der Waals surface area contributed by atoms with Crippen LogP contribution >= 0.6 is 0 Å². The van der Waals surface area contributed by atoms with Crippen LogP contribution in [0.25, 0.3) is 0 Å². The van der Waals surface area contributed by atoms with Gasteiger partial charge in [-0.2, -0.15) is 8.42 Å². The van der Waals surface area contributed by atoms with Crippen molar-refractivity contribution in [1.82, 2.24) is 0 Å². The lowest BCUT2D eigenvalue weighted by Crippen LogP contribution is -2.09. The molecule has 0 saturated carbocycles. The molecule has 1 N–H and O–H groups in total. The molecule has 0 unspecified atom stereocenters. The second-order valence-corrected chi connectivity index (χ2v) is 7.34. The Labute approximate surface area is 137 Å². The maximum atomic E-state index is 10.7. The van der Waals surface area contributed by atoms with Crippen molar-refractivity contribution < 1.29 is 17.7 Å². The number of hydrogen-bond donors (Lipinski definition) is 1. The molecule has 4 nitrogen and oxygen atoms in total. The van der Waals surface area contributed by atoms with Gasteiger partial charge < -0.3 is 4.74 Å². The smallest absolute Gasteiger partial charge is 0.264 e. The Balaban J connectivity index is 2.08. The van der Waals surface area contributed by atoms with Crippen LogP contribution < -0.4 is 4.74 Å². The maximum Gasteiger partial charge on any atom is 0.264 e. The van der Waals surface area contributed by atoms with Gasteiger partial charge in [0, 0.05) is 6.42 Å². The number of hydrogen-bond acceptors (Lipinski definition) is 3. The number of aryl methyl sites for hydroxylation is 2. The summed E-state index contributed by atoms with van der Waals surface area (Å²) in [6, 6.07) is 14.3. The molecular weight excluding hydrogens is 312 g/mol. The van der Waals surface area contributed by atoms with E-state index < -0.39 is 10.1 Å². The molecule has 0 saturated heterocycles. The van der Waals surface area contributed by atoms with Crippen LogP contribution in [0.2, 0.25) is 0 Å². The van der Waals surface area contributed by atoms with E-state index >= 15 is 0 Å². The zero-order valence-corrected chi connectivity index (χ0v) is 14.3. The lowest BCUT2D eigenvalue weighted by Gasteiger charge is -2.13. The Morgan fingerprint density at radius 1 is 1.04 bits per heavy atom. The summed E-state index contributed by atoms with van der Waals surface area (Å²) in [6.45, 7) is 4.30. The lowest BCUT2D eigenvalue weighted by molar-refractivity contribution is 0.313. The summed E-state index contributed by atoms with van der Waals surface area (Å²) in [5.41, 5.74) is 4.57. The molecule has 5 heteroatoms. The van der Waals surface area contributed by atoms with Gasteiger partial charge in [0.2, 0.25) is 0 Å². The Morgan fingerprint density at radius 2 is 1.78 bits per heavy atom. The molecule has 0 atom stereocenters. The van der Waals surface area contributed by atoms with Crippen LogP contribution in [0.15, 0.2) is 42.5 Å². The third-order valence-electron chi connectivity index (χ3n) is 3.50. The molecule has 0 bridgehead atoms. The second kappa shape index (κ2) is 7.62. The van der Waals surface area contributed by atoms with Crippen molar-refractivity contribution in [3.8, 4) is 5.75 Å². The molecule has 0 aromatic heterocycles. The van der Waals surface area contributed by atoms with E-state index in [0.29, 0.717) is 0 Å². The highest BCUT2D eigenvalue weighted by Crippen LogP contribution is 2.24. The molecule has 0 radical (unpaired) electrons.